The molecule has 3 heterocycles. The zero-order valence-corrected chi connectivity index (χ0v) is 13.4. The third kappa shape index (κ3) is 2.54. The minimum atomic E-state index is -4.54. The fourth-order valence-corrected chi connectivity index (χ4v) is 3.16. The Bertz CT molecular complexity index is 1020. The molecule has 3 rings (SSSR count). The van der Waals surface area contributed by atoms with E-state index in [0.717, 1.165) is 6.07 Å². The van der Waals surface area contributed by atoms with Crippen molar-refractivity contribution < 1.29 is 21.6 Å². The van der Waals surface area contributed by atoms with E-state index in [-0.39, 0.29) is 28.0 Å². The molecule has 7 nitrogen and oxygen atoms in total. The molecule has 0 aromatic carbocycles. The minimum Gasteiger partial charge on any atom is -0.297 e. The lowest BCUT2D eigenvalue weighted by atomic mass is 10.2. The maximum absolute atomic E-state index is 12.8. The van der Waals surface area contributed by atoms with Crippen molar-refractivity contribution in [3.05, 3.63) is 30.2 Å². The fraction of sp³-hybridized carbons (Fsp3) is 0.308. The first-order valence-corrected chi connectivity index (χ1v) is 8.46. The second-order valence-corrected chi connectivity index (χ2v) is 7.19. The number of alkyl halides is 3. The number of halogens is 3. The topological polar surface area (TPSA) is 82.7 Å². The Kier molecular flexibility index (Phi) is 3.62. The largest absolute Gasteiger partial charge is 0.417 e. The van der Waals surface area contributed by atoms with Crippen LogP contribution in [-0.2, 0) is 23.1 Å². The molecule has 24 heavy (non-hydrogen) atoms. The molecule has 0 aliphatic carbocycles. The second kappa shape index (κ2) is 5.30. The van der Waals surface area contributed by atoms with E-state index in [1.54, 1.807) is 0 Å². The molecular formula is C13H12F3N5O2S. The van der Waals surface area contributed by atoms with Crippen molar-refractivity contribution in [2.24, 2.45) is 7.05 Å². The van der Waals surface area contributed by atoms with Gasteiger partial charge in [0.2, 0.25) is 20.9 Å². The van der Waals surface area contributed by atoms with E-state index in [0.29, 0.717) is 6.20 Å². The van der Waals surface area contributed by atoms with E-state index in [2.05, 4.69) is 15.0 Å². The number of aryl methyl sites for hydroxylation is 1. The van der Waals surface area contributed by atoms with Crippen LogP contribution in [0.1, 0.15) is 12.5 Å². The van der Waals surface area contributed by atoms with Crippen LogP contribution in [0.3, 0.4) is 0 Å². The predicted octanol–water partition coefficient (Wildman–Crippen LogP) is 1.97. The summed E-state index contributed by atoms with van der Waals surface area (Å²) in [7, 11) is -2.09. The molecule has 0 aliphatic heterocycles. The van der Waals surface area contributed by atoms with Gasteiger partial charge in [-0.3, -0.25) is 9.13 Å². The van der Waals surface area contributed by atoms with Gasteiger partial charge >= 0.3 is 6.18 Å². The number of imidazole rings is 2. The summed E-state index contributed by atoms with van der Waals surface area (Å²) in [4.78, 5) is 11.7. The predicted molar refractivity (Wildman–Crippen MR) is 78.4 cm³/mol. The third-order valence-electron chi connectivity index (χ3n) is 3.49. The number of aromatic nitrogens is 5. The fourth-order valence-electron chi connectivity index (χ4n) is 2.24. The van der Waals surface area contributed by atoms with Gasteiger partial charge in [-0.2, -0.15) is 13.2 Å². The molecule has 0 N–H and O–H groups in total. The molecule has 0 atom stereocenters. The summed E-state index contributed by atoms with van der Waals surface area (Å²) in [6.07, 6.45) is -1.15. The summed E-state index contributed by atoms with van der Waals surface area (Å²) < 4.78 is 65.2. The first kappa shape index (κ1) is 16.4. The Morgan fingerprint density at radius 2 is 1.96 bits per heavy atom. The highest BCUT2D eigenvalue weighted by Gasteiger charge is 2.32. The summed E-state index contributed by atoms with van der Waals surface area (Å²) in [5, 5.41) is -0.223. The molecule has 0 amide bonds. The van der Waals surface area contributed by atoms with E-state index in [1.165, 1.54) is 35.5 Å². The molecule has 11 heteroatoms. The van der Waals surface area contributed by atoms with Gasteiger partial charge in [0.05, 0.1) is 11.3 Å². The van der Waals surface area contributed by atoms with Gasteiger partial charge in [0, 0.05) is 25.6 Å². The van der Waals surface area contributed by atoms with Crippen LogP contribution in [0.25, 0.3) is 17.1 Å². The molecule has 0 aliphatic rings. The average molecular weight is 359 g/mol. The number of rotatable bonds is 3. The monoisotopic (exact) mass is 359 g/mol. The van der Waals surface area contributed by atoms with Gasteiger partial charge in [0.1, 0.15) is 5.52 Å². The van der Waals surface area contributed by atoms with Crippen molar-refractivity contribution in [2.75, 3.05) is 5.75 Å². The molecule has 0 fully saturated rings. The Balaban J connectivity index is 2.23. The Morgan fingerprint density at radius 3 is 2.58 bits per heavy atom. The van der Waals surface area contributed by atoms with Crippen molar-refractivity contribution >= 4 is 21.0 Å². The number of hydrogen-bond donors (Lipinski definition) is 0. The van der Waals surface area contributed by atoms with Crippen LogP contribution in [0.2, 0.25) is 0 Å². The van der Waals surface area contributed by atoms with E-state index in [9.17, 15) is 21.6 Å². The molecule has 0 saturated carbocycles. The number of hydrogen-bond acceptors (Lipinski definition) is 5. The van der Waals surface area contributed by atoms with Gasteiger partial charge in [0.15, 0.2) is 5.65 Å². The van der Waals surface area contributed by atoms with E-state index in [1.807, 2.05) is 0 Å². The summed E-state index contributed by atoms with van der Waals surface area (Å²) in [5.74, 6) is -0.0499. The van der Waals surface area contributed by atoms with Crippen molar-refractivity contribution in [3.63, 3.8) is 0 Å². The maximum Gasteiger partial charge on any atom is 0.417 e. The number of sulfone groups is 1. The molecular weight excluding hydrogens is 347 g/mol. The lowest BCUT2D eigenvalue weighted by molar-refractivity contribution is -0.137. The van der Waals surface area contributed by atoms with Crippen LogP contribution in [0, 0.1) is 0 Å². The lowest BCUT2D eigenvalue weighted by Crippen LogP contribution is -2.13. The second-order valence-electron chi connectivity index (χ2n) is 5.02. The van der Waals surface area contributed by atoms with Crippen molar-refractivity contribution in [3.8, 4) is 5.95 Å². The summed E-state index contributed by atoms with van der Waals surface area (Å²) >= 11 is 0. The van der Waals surface area contributed by atoms with Crippen LogP contribution in [-0.4, -0.2) is 38.3 Å². The van der Waals surface area contributed by atoms with Gasteiger partial charge in [-0.15, -0.1) is 0 Å². The lowest BCUT2D eigenvalue weighted by Gasteiger charge is -2.07. The number of pyridine rings is 1. The molecule has 128 valence electrons. The Morgan fingerprint density at radius 1 is 1.25 bits per heavy atom. The van der Waals surface area contributed by atoms with Crippen LogP contribution in [0.15, 0.2) is 29.8 Å². The van der Waals surface area contributed by atoms with Crippen LogP contribution in [0.4, 0.5) is 13.2 Å². The molecule has 0 spiro atoms. The van der Waals surface area contributed by atoms with Crippen LogP contribution in [0.5, 0.6) is 0 Å². The SMILES string of the molecule is CCS(=O)(=O)c1nccn1-c1nc2cc(C(F)(F)F)cnc2n1C. The normalized spacial score (nSPS) is 12.9. The van der Waals surface area contributed by atoms with E-state index in [4.69, 9.17) is 0 Å². The molecule has 3 aromatic heterocycles. The highest BCUT2D eigenvalue weighted by Crippen LogP contribution is 2.30. The zero-order valence-electron chi connectivity index (χ0n) is 12.6. The third-order valence-corrected chi connectivity index (χ3v) is 5.11. The van der Waals surface area contributed by atoms with Gasteiger partial charge in [-0.05, 0) is 6.07 Å². The van der Waals surface area contributed by atoms with Gasteiger partial charge in [0.25, 0.3) is 0 Å². The average Bonchev–Trinajstić information content (AvgIpc) is 3.11. The van der Waals surface area contributed by atoms with E-state index < -0.39 is 21.6 Å². The summed E-state index contributed by atoms with van der Waals surface area (Å²) in [6.45, 7) is 1.47. The molecule has 3 aromatic rings. The van der Waals surface area contributed by atoms with Crippen molar-refractivity contribution in [2.45, 2.75) is 18.3 Å². The molecule has 0 unspecified atom stereocenters. The smallest absolute Gasteiger partial charge is 0.297 e. The van der Waals surface area contributed by atoms with Gasteiger partial charge < -0.3 is 0 Å². The van der Waals surface area contributed by atoms with Gasteiger partial charge in [-0.25, -0.2) is 23.4 Å². The first-order chi connectivity index (χ1) is 11.1. The van der Waals surface area contributed by atoms with Crippen molar-refractivity contribution in [1.82, 2.24) is 24.1 Å². The molecule has 0 saturated heterocycles. The minimum absolute atomic E-state index is 0.0101. The quantitative estimate of drug-likeness (QED) is 0.714. The molecule has 0 radical (unpaired) electrons. The van der Waals surface area contributed by atoms with Crippen molar-refractivity contribution in [1.29, 1.82) is 0 Å². The highest BCUT2D eigenvalue weighted by atomic mass is 32.2. The van der Waals surface area contributed by atoms with Crippen LogP contribution >= 0.6 is 0 Å². The summed E-state index contributed by atoms with van der Waals surface area (Å²) in [6, 6.07) is 0.872. The van der Waals surface area contributed by atoms with E-state index >= 15 is 0 Å². The van der Waals surface area contributed by atoms with Gasteiger partial charge in [-0.1, -0.05) is 6.92 Å². The standard InChI is InChI=1S/C13H12F3N5O2S/c1-3-24(22,23)12-17-4-5-21(12)11-19-9-6-8(13(14,15)16)7-18-10(9)20(11)2/h4-7H,3H2,1-2H3. The Hall–Kier alpha value is -2.43. The first-order valence-electron chi connectivity index (χ1n) is 6.81. The highest BCUT2D eigenvalue weighted by molar-refractivity contribution is 7.91. The number of nitrogens with zero attached hydrogens (tertiary/aromatic N) is 5. The zero-order chi connectivity index (χ0) is 17.7. The Labute approximate surface area is 134 Å². The number of fused-ring (bicyclic) bond motifs is 1. The van der Waals surface area contributed by atoms with Crippen LogP contribution < -0.4 is 0 Å². The summed E-state index contributed by atoms with van der Waals surface area (Å²) in [5.41, 5.74) is -0.714. The maximum atomic E-state index is 12.8. The molecule has 0 bridgehead atoms.